The molecule has 1 aromatic carbocycles. The number of methoxy groups -OCH3 is 2. The van der Waals surface area contributed by atoms with E-state index < -0.39 is 17.2 Å². The van der Waals surface area contributed by atoms with E-state index in [1.807, 2.05) is 0 Å². The quantitative estimate of drug-likeness (QED) is 0.684. The first-order valence-electron chi connectivity index (χ1n) is 8.85. The van der Waals surface area contributed by atoms with E-state index in [0.29, 0.717) is 17.2 Å². The molecule has 152 valence electrons. The summed E-state index contributed by atoms with van der Waals surface area (Å²) in [5, 5.41) is 2.90. The number of nitrogens with one attached hydrogen (secondary N) is 1. The molecule has 0 aliphatic rings. The molecule has 9 nitrogen and oxygen atoms in total. The van der Waals surface area contributed by atoms with Gasteiger partial charge in [0.25, 0.3) is 11.5 Å². The summed E-state index contributed by atoms with van der Waals surface area (Å²) in [4.78, 5) is 42.1. The zero-order chi connectivity index (χ0) is 21.3. The van der Waals surface area contributed by atoms with Crippen LogP contribution in [-0.4, -0.2) is 34.2 Å². The largest absolute Gasteiger partial charge is 0.497 e. The summed E-state index contributed by atoms with van der Waals surface area (Å²) in [5.74, 6) is 0.755. The monoisotopic (exact) mass is 398 g/mol. The molecule has 0 radical (unpaired) electrons. The highest BCUT2D eigenvalue weighted by Crippen LogP contribution is 2.24. The number of benzene rings is 1. The van der Waals surface area contributed by atoms with E-state index in [1.165, 1.54) is 31.8 Å². The maximum atomic E-state index is 12.9. The van der Waals surface area contributed by atoms with Crippen molar-refractivity contribution in [1.82, 2.24) is 19.4 Å². The predicted octanol–water partition coefficient (Wildman–Crippen LogP) is 0.888. The van der Waals surface area contributed by atoms with E-state index >= 15 is 0 Å². The predicted molar refractivity (Wildman–Crippen MR) is 108 cm³/mol. The Bertz CT molecular complexity index is 1230. The number of fused-ring (bicyclic) bond motifs is 1. The first-order valence-corrected chi connectivity index (χ1v) is 8.85. The number of hydrogen-bond donors (Lipinski definition) is 1. The van der Waals surface area contributed by atoms with E-state index in [-0.39, 0.29) is 23.1 Å². The molecule has 1 amide bonds. The molecule has 0 aliphatic heterocycles. The van der Waals surface area contributed by atoms with Crippen LogP contribution in [0.1, 0.15) is 21.6 Å². The van der Waals surface area contributed by atoms with Gasteiger partial charge in [0.05, 0.1) is 25.2 Å². The van der Waals surface area contributed by atoms with Crippen LogP contribution in [0.4, 0.5) is 0 Å². The molecular formula is C20H22N4O5. The number of aromatic nitrogens is 3. The fraction of sp³-hybridized carbons (Fsp3) is 0.300. The highest BCUT2D eigenvalue weighted by molar-refractivity contribution is 6.05. The van der Waals surface area contributed by atoms with Gasteiger partial charge in [-0.25, -0.2) is 9.78 Å². The summed E-state index contributed by atoms with van der Waals surface area (Å²) < 4.78 is 12.7. The first kappa shape index (κ1) is 20.1. The van der Waals surface area contributed by atoms with Crippen molar-refractivity contribution in [3.63, 3.8) is 0 Å². The molecule has 0 atom stereocenters. The Balaban J connectivity index is 2.02. The normalized spacial score (nSPS) is 10.8. The van der Waals surface area contributed by atoms with Crippen molar-refractivity contribution >= 4 is 16.9 Å². The van der Waals surface area contributed by atoms with E-state index in [9.17, 15) is 14.4 Å². The molecule has 2 heterocycles. The molecule has 0 fully saturated rings. The number of amides is 1. The van der Waals surface area contributed by atoms with Crippen molar-refractivity contribution in [3.8, 4) is 11.5 Å². The highest BCUT2D eigenvalue weighted by atomic mass is 16.5. The Morgan fingerprint density at radius 2 is 1.83 bits per heavy atom. The SMILES string of the molecule is COc1ccc(CNC(=O)c2cc(C)nc3c2c(=O)n(C)c(=O)n3C)c(OC)c1. The van der Waals surface area contributed by atoms with Crippen LogP contribution in [-0.2, 0) is 20.6 Å². The van der Waals surface area contributed by atoms with Crippen LogP contribution >= 0.6 is 0 Å². The molecule has 29 heavy (non-hydrogen) atoms. The summed E-state index contributed by atoms with van der Waals surface area (Å²) >= 11 is 0. The van der Waals surface area contributed by atoms with E-state index in [0.717, 1.165) is 10.1 Å². The van der Waals surface area contributed by atoms with Crippen molar-refractivity contribution in [2.45, 2.75) is 13.5 Å². The van der Waals surface area contributed by atoms with Crippen LogP contribution in [0.5, 0.6) is 11.5 Å². The Morgan fingerprint density at radius 3 is 2.48 bits per heavy atom. The minimum Gasteiger partial charge on any atom is -0.497 e. The third-order valence-corrected chi connectivity index (χ3v) is 4.72. The molecule has 0 saturated heterocycles. The number of rotatable bonds is 5. The minimum absolute atomic E-state index is 0.0967. The lowest BCUT2D eigenvalue weighted by Gasteiger charge is -2.13. The van der Waals surface area contributed by atoms with Crippen molar-refractivity contribution in [2.24, 2.45) is 14.1 Å². The summed E-state index contributed by atoms with van der Waals surface area (Å²) in [5.41, 5.74) is 0.532. The summed E-state index contributed by atoms with van der Waals surface area (Å²) in [6.07, 6.45) is 0. The fourth-order valence-corrected chi connectivity index (χ4v) is 3.13. The van der Waals surface area contributed by atoms with Crippen LogP contribution in [0, 0.1) is 6.92 Å². The molecular weight excluding hydrogens is 376 g/mol. The van der Waals surface area contributed by atoms with Crippen LogP contribution in [0.3, 0.4) is 0 Å². The van der Waals surface area contributed by atoms with Gasteiger partial charge < -0.3 is 14.8 Å². The zero-order valence-corrected chi connectivity index (χ0v) is 16.9. The molecule has 3 rings (SSSR count). The average molecular weight is 398 g/mol. The zero-order valence-electron chi connectivity index (χ0n) is 16.9. The van der Waals surface area contributed by atoms with Crippen LogP contribution in [0.2, 0.25) is 0 Å². The lowest BCUT2D eigenvalue weighted by molar-refractivity contribution is 0.0952. The third-order valence-electron chi connectivity index (χ3n) is 4.72. The Labute approximate surface area is 166 Å². The average Bonchev–Trinajstić information content (AvgIpc) is 2.73. The van der Waals surface area contributed by atoms with Crippen molar-refractivity contribution in [1.29, 1.82) is 0 Å². The van der Waals surface area contributed by atoms with Gasteiger partial charge in [-0.1, -0.05) is 0 Å². The maximum absolute atomic E-state index is 12.9. The lowest BCUT2D eigenvalue weighted by atomic mass is 10.1. The Hall–Kier alpha value is -3.62. The molecule has 3 aromatic rings. The Kier molecular flexibility index (Phi) is 5.40. The molecule has 0 saturated carbocycles. The number of carbonyl (C=O) groups excluding carboxylic acids is 1. The van der Waals surface area contributed by atoms with Gasteiger partial charge in [-0.2, -0.15) is 0 Å². The first-order chi connectivity index (χ1) is 13.8. The van der Waals surface area contributed by atoms with Gasteiger partial charge >= 0.3 is 5.69 Å². The number of carbonyl (C=O) groups is 1. The maximum Gasteiger partial charge on any atom is 0.332 e. The molecule has 0 aliphatic carbocycles. The molecule has 0 spiro atoms. The molecule has 2 aromatic heterocycles. The standard InChI is InChI=1S/C20H22N4O5/c1-11-8-14(16-17(22-11)23(2)20(27)24(3)19(16)26)18(25)21-10-12-6-7-13(28-4)9-15(12)29-5/h6-9H,10H2,1-5H3,(H,21,25). The minimum atomic E-state index is -0.567. The van der Waals surface area contributed by atoms with E-state index in [2.05, 4.69) is 10.3 Å². The smallest absolute Gasteiger partial charge is 0.332 e. The molecule has 0 unspecified atom stereocenters. The van der Waals surface area contributed by atoms with Gasteiger partial charge in [-0.3, -0.25) is 18.7 Å². The molecule has 1 N–H and O–H groups in total. The summed E-state index contributed by atoms with van der Waals surface area (Å²) in [6, 6.07) is 6.81. The second kappa shape index (κ2) is 7.78. The topological polar surface area (TPSA) is 104 Å². The second-order valence-corrected chi connectivity index (χ2v) is 6.58. The Morgan fingerprint density at radius 1 is 1.10 bits per heavy atom. The van der Waals surface area contributed by atoms with Gasteiger partial charge in [0.1, 0.15) is 17.1 Å². The summed E-state index contributed by atoms with van der Waals surface area (Å²) in [7, 11) is 5.97. The van der Waals surface area contributed by atoms with Gasteiger partial charge in [0.15, 0.2) is 0 Å². The van der Waals surface area contributed by atoms with Gasteiger partial charge in [0.2, 0.25) is 0 Å². The number of nitrogens with zero attached hydrogens (tertiary/aromatic N) is 3. The van der Waals surface area contributed by atoms with Gasteiger partial charge in [-0.05, 0) is 25.1 Å². The van der Waals surface area contributed by atoms with E-state index in [1.54, 1.807) is 32.2 Å². The van der Waals surface area contributed by atoms with Gasteiger partial charge in [0, 0.05) is 38.0 Å². The van der Waals surface area contributed by atoms with Gasteiger partial charge in [-0.15, -0.1) is 0 Å². The van der Waals surface area contributed by atoms with Crippen molar-refractivity contribution in [2.75, 3.05) is 14.2 Å². The summed E-state index contributed by atoms with van der Waals surface area (Å²) in [6.45, 7) is 1.88. The fourth-order valence-electron chi connectivity index (χ4n) is 3.13. The van der Waals surface area contributed by atoms with Crippen LogP contribution in [0.25, 0.3) is 11.0 Å². The number of hydrogen-bond acceptors (Lipinski definition) is 6. The molecule has 0 bridgehead atoms. The van der Waals surface area contributed by atoms with Crippen molar-refractivity contribution in [3.05, 3.63) is 61.9 Å². The van der Waals surface area contributed by atoms with Crippen LogP contribution < -0.4 is 26.0 Å². The highest BCUT2D eigenvalue weighted by Gasteiger charge is 2.19. The van der Waals surface area contributed by atoms with Crippen LogP contribution in [0.15, 0.2) is 33.9 Å². The van der Waals surface area contributed by atoms with E-state index in [4.69, 9.17) is 9.47 Å². The number of aryl methyl sites for hydroxylation is 2. The lowest BCUT2D eigenvalue weighted by Crippen LogP contribution is -2.38. The van der Waals surface area contributed by atoms with Crippen molar-refractivity contribution < 1.29 is 14.3 Å². The second-order valence-electron chi connectivity index (χ2n) is 6.58. The third kappa shape index (κ3) is 3.58. The number of pyridine rings is 1. The molecule has 9 heteroatoms. The number of ether oxygens (including phenoxy) is 2.